The number of rotatable bonds is 3. The molecule has 0 atom stereocenters. The highest BCUT2D eigenvalue weighted by molar-refractivity contribution is 5.50. The van der Waals surface area contributed by atoms with Gasteiger partial charge in [-0.3, -0.25) is 4.98 Å². The van der Waals surface area contributed by atoms with E-state index in [1.165, 1.54) is 0 Å². The van der Waals surface area contributed by atoms with Gasteiger partial charge in [0.05, 0.1) is 13.0 Å². The maximum Gasteiger partial charge on any atom is 0.200 e. The SMILES string of the molecule is Cc1cc(F)cc(N2CCc3oc(Cc4ccccn4)nc3C2)c1. The number of hydrogen-bond acceptors (Lipinski definition) is 4. The molecule has 3 aromatic rings. The van der Waals surface area contributed by atoms with Crippen molar-refractivity contribution in [3.8, 4) is 0 Å². The van der Waals surface area contributed by atoms with Crippen molar-refractivity contribution < 1.29 is 8.81 Å². The average molecular weight is 323 g/mol. The lowest BCUT2D eigenvalue weighted by molar-refractivity contribution is 0.453. The number of oxazole rings is 1. The van der Waals surface area contributed by atoms with Gasteiger partial charge < -0.3 is 9.32 Å². The Bertz CT molecular complexity index is 840. The molecular formula is C19H18FN3O. The van der Waals surface area contributed by atoms with Crippen molar-refractivity contribution in [3.05, 3.63) is 77.0 Å². The summed E-state index contributed by atoms with van der Waals surface area (Å²) in [6.45, 7) is 3.35. The maximum absolute atomic E-state index is 13.7. The molecule has 1 aliphatic rings. The Labute approximate surface area is 140 Å². The summed E-state index contributed by atoms with van der Waals surface area (Å²) in [6, 6.07) is 10.9. The zero-order chi connectivity index (χ0) is 16.5. The van der Waals surface area contributed by atoms with E-state index in [1.807, 2.05) is 31.2 Å². The van der Waals surface area contributed by atoms with Gasteiger partial charge in [0.1, 0.15) is 17.3 Å². The minimum atomic E-state index is -0.202. The highest BCUT2D eigenvalue weighted by atomic mass is 19.1. The van der Waals surface area contributed by atoms with Crippen LogP contribution >= 0.6 is 0 Å². The highest BCUT2D eigenvalue weighted by Gasteiger charge is 2.23. The predicted octanol–water partition coefficient (Wildman–Crippen LogP) is 3.67. The number of benzene rings is 1. The molecule has 5 heteroatoms. The molecule has 24 heavy (non-hydrogen) atoms. The standard InChI is InChI=1S/C19H18FN3O/c1-13-8-14(20)10-16(9-13)23-7-5-18-17(12-23)22-19(24-18)11-15-4-2-3-6-21-15/h2-4,6,8-10H,5,7,11-12H2,1H3. The van der Waals surface area contributed by atoms with Crippen molar-refractivity contribution in [2.75, 3.05) is 11.4 Å². The monoisotopic (exact) mass is 323 g/mol. The van der Waals surface area contributed by atoms with E-state index in [9.17, 15) is 4.39 Å². The van der Waals surface area contributed by atoms with Crippen LogP contribution in [0.4, 0.5) is 10.1 Å². The molecule has 0 aliphatic carbocycles. The van der Waals surface area contributed by atoms with E-state index in [-0.39, 0.29) is 5.82 Å². The molecule has 0 bridgehead atoms. The Morgan fingerprint density at radius 1 is 1.25 bits per heavy atom. The summed E-state index contributed by atoms with van der Waals surface area (Å²) < 4.78 is 19.5. The van der Waals surface area contributed by atoms with Crippen LogP contribution in [-0.4, -0.2) is 16.5 Å². The van der Waals surface area contributed by atoms with Crippen LogP contribution in [0.5, 0.6) is 0 Å². The Balaban J connectivity index is 1.55. The second kappa shape index (κ2) is 6.07. The molecule has 0 saturated carbocycles. The number of nitrogens with zero attached hydrogens (tertiary/aromatic N) is 3. The molecule has 0 radical (unpaired) electrons. The fourth-order valence-corrected chi connectivity index (χ4v) is 3.11. The summed E-state index contributed by atoms with van der Waals surface area (Å²) in [5.41, 5.74) is 3.70. The van der Waals surface area contributed by atoms with Gasteiger partial charge in [-0.2, -0.15) is 0 Å². The van der Waals surface area contributed by atoms with E-state index >= 15 is 0 Å². The van der Waals surface area contributed by atoms with Gasteiger partial charge in [-0.25, -0.2) is 9.37 Å². The van der Waals surface area contributed by atoms with Crippen molar-refractivity contribution in [2.24, 2.45) is 0 Å². The van der Waals surface area contributed by atoms with E-state index in [0.29, 0.717) is 18.9 Å². The first-order valence-corrected chi connectivity index (χ1v) is 8.07. The lowest BCUT2D eigenvalue weighted by Crippen LogP contribution is -2.30. The van der Waals surface area contributed by atoms with Gasteiger partial charge in [-0.1, -0.05) is 6.07 Å². The normalized spacial score (nSPS) is 13.8. The van der Waals surface area contributed by atoms with Gasteiger partial charge in [0.25, 0.3) is 0 Å². The Hall–Kier alpha value is -2.69. The smallest absolute Gasteiger partial charge is 0.200 e. The molecule has 0 unspecified atom stereocenters. The van der Waals surface area contributed by atoms with E-state index in [0.717, 1.165) is 41.4 Å². The quantitative estimate of drug-likeness (QED) is 0.737. The van der Waals surface area contributed by atoms with Crippen LogP contribution in [0, 0.1) is 12.7 Å². The molecule has 0 spiro atoms. The third-order valence-corrected chi connectivity index (χ3v) is 4.22. The first-order valence-electron chi connectivity index (χ1n) is 8.07. The fourth-order valence-electron chi connectivity index (χ4n) is 3.11. The zero-order valence-corrected chi connectivity index (χ0v) is 13.5. The fraction of sp³-hybridized carbons (Fsp3) is 0.263. The summed E-state index contributed by atoms with van der Waals surface area (Å²) in [5.74, 6) is 1.42. The van der Waals surface area contributed by atoms with Gasteiger partial charge in [-0.15, -0.1) is 0 Å². The molecule has 0 N–H and O–H groups in total. The zero-order valence-electron chi connectivity index (χ0n) is 13.5. The van der Waals surface area contributed by atoms with Crippen LogP contribution in [0.3, 0.4) is 0 Å². The molecule has 0 amide bonds. The van der Waals surface area contributed by atoms with Crippen molar-refractivity contribution >= 4 is 5.69 Å². The molecule has 3 heterocycles. The number of pyridine rings is 1. The second-order valence-corrected chi connectivity index (χ2v) is 6.13. The molecule has 1 aliphatic heterocycles. The molecule has 1 aromatic carbocycles. The van der Waals surface area contributed by atoms with Gasteiger partial charge in [0.15, 0.2) is 0 Å². The lowest BCUT2D eigenvalue weighted by atomic mass is 10.1. The lowest BCUT2D eigenvalue weighted by Gasteiger charge is -2.27. The number of aryl methyl sites for hydroxylation is 1. The van der Waals surface area contributed by atoms with E-state index < -0.39 is 0 Å². The van der Waals surface area contributed by atoms with Crippen molar-refractivity contribution in [1.82, 2.24) is 9.97 Å². The van der Waals surface area contributed by atoms with Crippen molar-refractivity contribution in [1.29, 1.82) is 0 Å². The van der Waals surface area contributed by atoms with E-state index in [2.05, 4.69) is 14.9 Å². The molecule has 2 aromatic heterocycles. The minimum absolute atomic E-state index is 0.202. The molecule has 0 fully saturated rings. The summed E-state index contributed by atoms with van der Waals surface area (Å²) in [6.07, 6.45) is 3.14. The minimum Gasteiger partial charge on any atom is -0.445 e. The van der Waals surface area contributed by atoms with E-state index in [4.69, 9.17) is 4.42 Å². The Kier molecular flexibility index (Phi) is 3.76. The van der Waals surface area contributed by atoms with Crippen molar-refractivity contribution in [2.45, 2.75) is 26.3 Å². The first kappa shape index (κ1) is 14.9. The van der Waals surface area contributed by atoms with Gasteiger partial charge in [0, 0.05) is 30.5 Å². The molecule has 4 rings (SSSR count). The molecule has 0 saturated heterocycles. The largest absolute Gasteiger partial charge is 0.445 e. The third kappa shape index (κ3) is 3.02. The van der Waals surface area contributed by atoms with Crippen molar-refractivity contribution in [3.63, 3.8) is 0 Å². The highest BCUT2D eigenvalue weighted by Crippen LogP contribution is 2.26. The maximum atomic E-state index is 13.7. The van der Waals surface area contributed by atoms with Gasteiger partial charge in [-0.05, 0) is 42.8 Å². The number of aromatic nitrogens is 2. The molecule has 4 nitrogen and oxygen atoms in total. The van der Waals surface area contributed by atoms with Crippen LogP contribution in [-0.2, 0) is 19.4 Å². The van der Waals surface area contributed by atoms with E-state index in [1.54, 1.807) is 18.3 Å². The number of halogens is 1. The summed E-state index contributed by atoms with van der Waals surface area (Å²) in [7, 11) is 0. The third-order valence-electron chi connectivity index (χ3n) is 4.22. The summed E-state index contributed by atoms with van der Waals surface area (Å²) in [4.78, 5) is 11.1. The van der Waals surface area contributed by atoms with Crippen LogP contribution in [0.15, 0.2) is 47.0 Å². The summed E-state index contributed by atoms with van der Waals surface area (Å²) in [5, 5.41) is 0. The molecule has 122 valence electrons. The number of fused-ring (bicyclic) bond motifs is 1. The Morgan fingerprint density at radius 3 is 2.96 bits per heavy atom. The Morgan fingerprint density at radius 2 is 2.17 bits per heavy atom. The van der Waals surface area contributed by atoms with Crippen LogP contribution in [0.25, 0.3) is 0 Å². The van der Waals surface area contributed by atoms with Crippen LogP contribution in [0.1, 0.15) is 28.6 Å². The predicted molar refractivity (Wildman–Crippen MR) is 89.4 cm³/mol. The average Bonchev–Trinajstić information content (AvgIpc) is 2.96. The number of anilines is 1. The number of hydrogen-bond donors (Lipinski definition) is 0. The first-order chi connectivity index (χ1) is 11.7. The van der Waals surface area contributed by atoms with Crippen LogP contribution < -0.4 is 4.90 Å². The van der Waals surface area contributed by atoms with Crippen LogP contribution in [0.2, 0.25) is 0 Å². The molecular weight excluding hydrogens is 305 g/mol. The van der Waals surface area contributed by atoms with Gasteiger partial charge in [0.2, 0.25) is 5.89 Å². The summed E-state index contributed by atoms with van der Waals surface area (Å²) >= 11 is 0. The second-order valence-electron chi connectivity index (χ2n) is 6.13. The van der Waals surface area contributed by atoms with Gasteiger partial charge >= 0.3 is 0 Å². The topological polar surface area (TPSA) is 42.2 Å².